The van der Waals surface area contributed by atoms with Gasteiger partial charge >= 0.3 is 12.1 Å². The summed E-state index contributed by atoms with van der Waals surface area (Å²) in [7, 11) is 4.93. The normalized spacial score (nSPS) is 14.8. The highest BCUT2D eigenvalue weighted by molar-refractivity contribution is 5.73. The summed E-state index contributed by atoms with van der Waals surface area (Å²) < 4.78 is 47.9. The van der Waals surface area contributed by atoms with E-state index in [1.807, 2.05) is 12.1 Å². The average molecular weight is 380 g/mol. The molecule has 0 radical (unpaired) electrons. The Morgan fingerprint density at radius 2 is 1.65 bits per heavy atom. The van der Waals surface area contributed by atoms with Crippen LogP contribution in [0, 0.1) is 0 Å². The Morgan fingerprint density at radius 1 is 1.12 bits per heavy atom. The van der Waals surface area contributed by atoms with Gasteiger partial charge in [-0.25, -0.2) is 4.79 Å². The third-order valence-electron chi connectivity index (χ3n) is 3.63. The number of carbonyl (C=O) groups is 1. The largest absolute Gasteiger partial charge is 0.493 e. The topological polar surface area (TPSA) is 80.3 Å². The van der Waals surface area contributed by atoms with Gasteiger partial charge in [0.25, 0.3) is 0 Å². The quantitative estimate of drug-likeness (QED) is 0.806. The van der Waals surface area contributed by atoms with Crippen LogP contribution >= 0.6 is 0 Å². The van der Waals surface area contributed by atoms with Crippen molar-refractivity contribution in [3.05, 3.63) is 17.7 Å². The lowest BCUT2D eigenvalue weighted by molar-refractivity contribution is -0.192. The van der Waals surface area contributed by atoms with Crippen molar-refractivity contribution in [1.29, 1.82) is 0 Å². The molecule has 0 amide bonds. The Balaban J connectivity index is 0.000000412. The van der Waals surface area contributed by atoms with E-state index in [4.69, 9.17) is 24.1 Å². The van der Waals surface area contributed by atoms with Gasteiger partial charge in [-0.15, -0.1) is 0 Å². The summed E-state index contributed by atoms with van der Waals surface area (Å²) in [5.41, 5.74) is 1.13. The molecule has 2 rings (SSSR count). The number of ether oxygens (including phenoxy) is 3. The summed E-state index contributed by atoms with van der Waals surface area (Å²) >= 11 is 0. The lowest BCUT2D eigenvalue weighted by Gasteiger charge is -2.28. The molecule has 10 heteroatoms. The van der Waals surface area contributed by atoms with Gasteiger partial charge < -0.3 is 24.6 Å². The first-order valence-corrected chi connectivity index (χ1v) is 7.75. The van der Waals surface area contributed by atoms with Crippen LogP contribution in [0.3, 0.4) is 0 Å². The first kappa shape index (κ1) is 21.8. The molecule has 0 aromatic heterocycles. The molecule has 148 valence electrons. The van der Waals surface area contributed by atoms with Crippen molar-refractivity contribution in [2.45, 2.75) is 12.7 Å². The Morgan fingerprint density at radius 3 is 2.08 bits per heavy atom. The Kier molecular flexibility index (Phi) is 8.46. The Bertz CT molecular complexity index is 590. The summed E-state index contributed by atoms with van der Waals surface area (Å²) in [6.45, 7) is 5.05. The Hall–Kier alpha value is -2.20. The lowest BCUT2D eigenvalue weighted by Crippen LogP contribution is -2.42. The molecule has 0 aliphatic carbocycles. The number of carboxylic acid groups (broad SMARTS) is 1. The fraction of sp³-hybridized carbons (Fsp3) is 0.562. The van der Waals surface area contributed by atoms with Gasteiger partial charge in [0, 0.05) is 38.3 Å². The number of nitrogens with one attached hydrogen (secondary N) is 1. The molecule has 1 saturated heterocycles. The average Bonchev–Trinajstić information content (AvgIpc) is 2.61. The molecule has 1 aliphatic rings. The van der Waals surface area contributed by atoms with Crippen LogP contribution in [-0.2, 0) is 11.3 Å². The predicted molar refractivity (Wildman–Crippen MR) is 87.9 cm³/mol. The second-order valence-corrected chi connectivity index (χ2v) is 5.32. The highest BCUT2D eigenvalue weighted by Gasteiger charge is 2.38. The van der Waals surface area contributed by atoms with Crippen LogP contribution in [0.15, 0.2) is 12.1 Å². The molecule has 1 aromatic rings. The third-order valence-corrected chi connectivity index (χ3v) is 3.63. The van der Waals surface area contributed by atoms with E-state index in [1.165, 1.54) is 0 Å². The fourth-order valence-corrected chi connectivity index (χ4v) is 2.40. The number of hydrogen-bond acceptors (Lipinski definition) is 6. The van der Waals surface area contributed by atoms with E-state index in [0.29, 0.717) is 11.5 Å². The van der Waals surface area contributed by atoms with E-state index in [9.17, 15) is 13.2 Å². The van der Waals surface area contributed by atoms with Crippen molar-refractivity contribution in [1.82, 2.24) is 10.2 Å². The summed E-state index contributed by atoms with van der Waals surface area (Å²) in [4.78, 5) is 11.3. The molecule has 1 heterocycles. The van der Waals surface area contributed by atoms with Crippen molar-refractivity contribution >= 4 is 5.97 Å². The highest BCUT2D eigenvalue weighted by Crippen LogP contribution is 2.40. The number of hydrogen-bond donors (Lipinski definition) is 2. The van der Waals surface area contributed by atoms with Crippen LogP contribution in [0.4, 0.5) is 13.2 Å². The van der Waals surface area contributed by atoms with E-state index in [-0.39, 0.29) is 0 Å². The number of methoxy groups -OCH3 is 3. The first-order chi connectivity index (χ1) is 12.2. The van der Waals surface area contributed by atoms with Gasteiger partial charge in [-0.05, 0) is 6.07 Å². The molecule has 0 saturated carbocycles. The lowest BCUT2D eigenvalue weighted by atomic mass is 10.1. The summed E-state index contributed by atoms with van der Waals surface area (Å²) in [5.74, 6) is -0.631. The van der Waals surface area contributed by atoms with E-state index in [2.05, 4.69) is 10.2 Å². The van der Waals surface area contributed by atoms with Gasteiger partial charge in [0.1, 0.15) is 0 Å². The smallest absolute Gasteiger partial charge is 0.490 e. The summed E-state index contributed by atoms with van der Waals surface area (Å²) in [5, 5.41) is 10.5. The monoisotopic (exact) mass is 380 g/mol. The van der Waals surface area contributed by atoms with E-state index in [1.54, 1.807) is 21.3 Å². The van der Waals surface area contributed by atoms with Crippen LogP contribution in [0.2, 0.25) is 0 Å². The first-order valence-electron chi connectivity index (χ1n) is 7.75. The van der Waals surface area contributed by atoms with E-state index in [0.717, 1.165) is 44.0 Å². The SMILES string of the molecule is COc1ccc(CN2CCNCC2)c(OC)c1OC.O=C(O)C(F)(F)F. The zero-order chi connectivity index (χ0) is 19.7. The van der Waals surface area contributed by atoms with E-state index >= 15 is 0 Å². The van der Waals surface area contributed by atoms with Crippen molar-refractivity contribution in [3.63, 3.8) is 0 Å². The van der Waals surface area contributed by atoms with Gasteiger partial charge in [0.15, 0.2) is 11.5 Å². The highest BCUT2D eigenvalue weighted by atomic mass is 19.4. The fourth-order valence-electron chi connectivity index (χ4n) is 2.40. The zero-order valence-corrected chi connectivity index (χ0v) is 14.9. The van der Waals surface area contributed by atoms with Crippen LogP contribution < -0.4 is 19.5 Å². The third kappa shape index (κ3) is 6.26. The van der Waals surface area contributed by atoms with Crippen LogP contribution in [0.25, 0.3) is 0 Å². The van der Waals surface area contributed by atoms with Gasteiger partial charge in [-0.1, -0.05) is 6.07 Å². The molecule has 26 heavy (non-hydrogen) atoms. The molecule has 0 bridgehead atoms. The number of piperazine rings is 1. The van der Waals surface area contributed by atoms with Gasteiger partial charge in [0.2, 0.25) is 5.75 Å². The summed E-state index contributed by atoms with van der Waals surface area (Å²) in [6.07, 6.45) is -5.08. The van der Waals surface area contributed by atoms with E-state index < -0.39 is 12.1 Å². The number of benzene rings is 1. The number of alkyl halides is 3. The molecule has 7 nitrogen and oxygen atoms in total. The maximum atomic E-state index is 10.6. The minimum Gasteiger partial charge on any atom is -0.493 e. The number of rotatable bonds is 5. The summed E-state index contributed by atoms with van der Waals surface area (Å²) in [6, 6.07) is 3.97. The molecular weight excluding hydrogens is 357 g/mol. The number of halogens is 3. The molecule has 0 atom stereocenters. The van der Waals surface area contributed by atoms with Crippen LogP contribution in [0.1, 0.15) is 5.56 Å². The zero-order valence-electron chi connectivity index (χ0n) is 14.9. The minimum atomic E-state index is -5.08. The molecule has 2 N–H and O–H groups in total. The number of carboxylic acids is 1. The second-order valence-electron chi connectivity index (χ2n) is 5.32. The Labute approximate surface area is 149 Å². The van der Waals surface area contributed by atoms with Gasteiger partial charge in [-0.2, -0.15) is 13.2 Å². The van der Waals surface area contributed by atoms with Crippen molar-refractivity contribution in [2.75, 3.05) is 47.5 Å². The van der Waals surface area contributed by atoms with Crippen molar-refractivity contribution < 1.29 is 37.3 Å². The van der Waals surface area contributed by atoms with Crippen LogP contribution in [-0.4, -0.2) is 69.7 Å². The maximum Gasteiger partial charge on any atom is 0.490 e. The van der Waals surface area contributed by atoms with Gasteiger partial charge in [-0.3, -0.25) is 4.90 Å². The maximum absolute atomic E-state index is 10.6. The molecule has 1 aromatic carbocycles. The van der Waals surface area contributed by atoms with Crippen molar-refractivity contribution in [3.8, 4) is 17.2 Å². The minimum absolute atomic E-state index is 0.664. The molecule has 0 spiro atoms. The molecule has 0 unspecified atom stereocenters. The number of aliphatic carboxylic acids is 1. The number of nitrogens with zero attached hydrogens (tertiary/aromatic N) is 1. The standard InChI is InChI=1S/C14H22N2O3.C2HF3O2/c1-17-12-5-4-11(13(18-2)14(12)19-3)10-16-8-6-15-7-9-16;3-2(4,5)1(6)7/h4-5,15H,6-10H2,1-3H3;(H,6,7). The molecule has 1 fully saturated rings. The molecular formula is C16H23F3N2O5. The van der Waals surface area contributed by atoms with Gasteiger partial charge in [0.05, 0.1) is 21.3 Å². The predicted octanol–water partition coefficient (Wildman–Crippen LogP) is 1.75. The van der Waals surface area contributed by atoms with Crippen molar-refractivity contribution in [2.24, 2.45) is 0 Å². The van der Waals surface area contributed by atoms with Crippen LogP contribution in [0.5, 0.6) is 17.2 Å². The molecule has 1 aliphatic heterocycles. The second kappa shape index (κ2) is 10.1.